The van der Waals surface area contributed by atoms with Crippen molar-refractivity contribution in [2.75, 3.05) is 0 Å². The molecule has 0 radical (unpaired) electrons. The van der Waals surface area contributed by atoms with Gasteiger partial charge in [0.2, 0.25) is 0 Å². The van der Waals surface area contributed by atoms with Crippen molar-refractivity contribution in [1.82, 2.24) is 10.4 Å². The minimum absolute atomic E-state index is 0.338. The van der Waals surface area contributed by atoms with Crippen molar-refractivity contribution in [3.8, 4) is 0 Å². The zero-order valence-electron chi connectivity index (χ0n) is 10.7. The fourth-order valence-electron chi connectivity index (χ4n) is 1.56. The molecule has 0 fully saturated rings. The maximum Gasteiger partial charge on any atom is 0.0944 e. The summed E-state index contributed by atoms with van der Waals surface area (Å²) in [6.45, 7) is 8.80. The molecule has 3 nitrogen and oxygen atoms in total. The molecular formula is C12H23N3S. The molecule has 0 spiro atoms. The third-order valence-electron chi connectivity index (χ3n) is 2.57. The summed E-state index contributed by atoms with van der Waals surface area (Å²) >= 11 is 1.72. The van der Waals surface area contributed by atoms with Gasteiger partial charge in [0.05, 0.1) is 5.01 Å². The molecule has 0 aliphatic carbocycles. The second kappa shape index (κ2) is 5.75. The first-order valence-electron chi connectivity index (χ1n) is 5.78. The van der Waals surface area contributed by atoms with E-state index in [4.69, 9.17) is 5.84 Å². The van der Waals surface area contributed by atoms with Crippen LogP contribution >= 0.6 is 11.3 Å². The Labute approximate surface area is 102 Å². The van der Waals surface area contributed by atoms with Crippen molar-refractivity contribution in [2.45, 2.75) is 53.0 Å². The number of hydrogen-bond donors (Lipinski definition) is 2. The summed E-state index contributed by atoms with van der Waals surface area (Å²) < 4.78 is 0. The number of hydrazine groups is 1. The number of nitrogens with two attached hydrogens (primary N) is 1. The van der Waals surface area contributed by atoms with E-state index in [-0.39, 0.29) is 0 Å². The van der Waals surface area contributed by atoms with Gasteiger partial charge in [-0.05, 0) is 25.2 Å². The normalized spacial score (nSPS) is 14.1. The predicted molar refractivity (Wildman–Crippen MR) is 70.4 cm³/mol. The third kappa shape index (κ3) is 5.05. The van der Waals surface area contributed by atoms with Crippen molar-refractivity contribution in [1.29, 1.82) is 0 Å². The molecule has 16 heavy (non-hydrogen) atoms. The zero-order chi connectivity index (χ0) is 12.2. The van der Waals surface area contributed by atoms with Gasteiger partial charge >= 0.3 is 0 Å². The largest absolute Gasteiger partial charge is 0.271 e. The second-order valence-electron chi connectivity index (χ2n) is 5.55. The van der Waals surface area contributed by atoms with Gasteiger partial charge in [-0.2, -0.15) is 0 Å². The van der Waals surface area contributed by atoms with Crippen LogP contribution in [0.1, 0.15) is 44.3 Å². The van der Waals surface area contributed by atoms with Gasteiger partial charge in [-0.25, -0.2) is 4.98 Å². The fraction of sp³-hybridized carbons (Fsp3) is 0.750. The highest BCUT2D eigenvalue weighted by atomic mass is 32.1. The molecule has 0 aliphatic heterocycles. The van der Waals surface area contributed by atoms with E-state index >= 15 is 0 Å². The van der Waals surface area contributed by atoms with Crippen LogP contribution in [0, 0.1) is 12.3 Å². The van der Waals surface area contributed by atoms with Gasteiger partial charge in [-0.15, -0.1) is 11.3 Å². The highest BCUT2D eigenvalue weighted by Gasteiger charge is 2.15. The van der Waals surface area contributed by atoms with E-state index < -0.39 is 0 Å². The summed E-state index contributed by atoms with van der Waals surface area (Å²) in [7, 11) is 0. The van der Waals surface area contributed by atoms with Crippen LogP contribution in [0.4, 0.5) is 0 Å². The Hall–Kier alpha value is -0.450. The first kappa shape index (κ1) is 13.6. The number of nitrogens with one attached hydrogen (secondary N) is 1. The standard InChI is InChI=1S/C12H23N3S/c1-9-8-16-11(14-9)7-10(15-13)5-6-12(2,3)4/h8,10,15H,5-7,13H2,1-4H3. The van der Waals surface area contributed by atoms with Crippen LogP contribution in [0.15, 0.2) is 5.38 Å². The lowest BCUT2D eigenvalue weighted by Crippen LogP contribution is -2.37. The molecule has 3 N–H and O–H groups in total. The van der Waals surface area contributed by atoms with Gasteiger partial charge in [-0.1, -0.05) is 20.8 Å². The van der Waals surface area contributed by atoms with Crippen LogP contribution < -0.4 is 11.3 Å². The molecule has 1 aromatic rings. The Morgan fingerprint density at radius 1 is 1.50 bits per heavy atom. The monoisotopic (exact) mass is 241 g/mol. The average Bonchev–Trinajstić information content (AvgIpc) is 2.57. The Kier molecular flexibility index (Phi) is 4.89. The molecule has 1 atom stereocenters. The summed E-state index contributed by atoms with van der Waals surface area (Å²) in [5.74, 6) is 5.58. The summed E-state index contributed by atoms with van der Waals surface area (Å²) in [5, 5.41) is 3.27. The zero-order valence-corrected chi connectivity index (χ0v) is 11.5. The maximum atomic E-state index is 5.58. The summed E-state index contributed by atoms with van der Waals surface area (Å²) in [6, 6.07) is 0.338. The molecular weight excluding hydrogens is 218 g/mol. The highest BCUT2D eigenvalue weighted by molar-refractivity contribution is 7.09. The molecule has 0 saturated carbocycles. The SMILES string of the molecule is Cc1csc(CC(CCC(C)(C)C)NN)n1. The lowest BCUT2D eigenvalue weighted by atomic mass is 9.88. The maximum absolute atomic E-state index is 5.58. The quantitative estimate of drug-likeness (QED) is 0.615. The summed E-state index contributed by atoms with van der Waals surface area (Å²) in [4.78, 5) is 4.47. The minimum atomic E-state index is 0.338. The smallest absolute Gasteiger partial charge is 0.0944 e. The first-order chi connectivity index (χ1) is 7.40. The average molecular weight is 241 g/mol. The number of rotatable bonds is 5. The van der Waals surface area contributed by atoms with Gasteiger partial charge in [-0.3, -0.25) is 11.3 Å². The van der Waals surface area contributed by atoms with Gasteiger partial charge in [0.1, 0.15) is 0 Å². The fourth-order valence-corrected chi connectivity index (χ4v) is 2.41. The van der Waals surface area contributed by atoms with Crippen molar-refractivity contribution in [2.24, 2.45) is 11.3 Å². The van der Waals surface area contributed by atoms with E-state index in [1.54, 1.807) is 11.3 Å². The Morgan fingerprint density at radius 2 is 2.19 bits per heavy atom. The lowest BCUT2D eigenvalue weighted by Gasteiger charge is -2.22. The minimum Gasteiger partial charge on any atom is -0.271 e. The van der Waals surface area contributed by atoms with Gasteiger partial charge < -0.3 is 0 Å². The number of aryl methyl sites for hydroxylation is 1. The molecule has 92 valence electrons. The van der Waals surface area contributed by atoms with E-state index in [0.717, 1.165) is 18.5 Å². The molecule has 1 aromatic heterocycles. The molecule has 0 saturated heterocycles. The molecule has 1 rings (SSSR count). The Balaban J connectivity index is 2.43. The van der Waals surface area contributed by atoms with E-state index in [1.165, 1.54) is 11.4 Å². The third-order valence-corrected chi connectivity index (χ3v) is 3.56. The molecule has 0 amide bonds. The Bertz CT molecular complexity index is 314. The van der Waals surface area contributed by atoms with Crippen LogP contribution in [-0.4, -0.2) is 11.0 Å². The van der Waals surface area contributed by atoms with Crippen molar-refractivity contribution < 1.29 is 0 Å². The van der Waals surface area contributed by atoms with Crippen LogP contribution in [0.5, 0.6) is 0 Å². The predicted octanol–water partition coefficient (Wildman–Crippen LogP) is 2.65. The van der Waals surface area contributed by atoms with E-state index in [9.17, 15) is 0 Å². The molecule has 0 aliphatic rings. The van der Waals surface area contributed by atoms with Crippen LogP contribution in [0.25, 0.3) is 0 Å². The Morgan fingerprint density at radius 3 is 2.62 bits per heavy atom. The van der Waals surface area contributed by atoms with E-state index in [2.05, 4.69) is 36.6 Å². The van der Waals surface area contributed by atoms with Crippen molar-refractivity contribution in [3.63, 3.8) is 0 Å². The van der Waals surface area contributed by atoms with Crippen molar-refractivity contribution in [3.05, 3.63) is 16.1 Å². The summed E-state index contributed by atoms with van der Waals surface area (Å²) in [6.07, 6.45) is 3.20. The van der Waals surface area contributed by atoms with Gasteiger partial charge in [0.25, 0.3) is 0 Å². The van der Waals surface area contributed by atoms with Crippen LogP contribution in [0.3, 0.4) is 0 Å². The molecule has 1 unspecified atom stereocenters. The van der Waals surface area contributed by atoms with E-state index in [0.29, 0.717) is 11.5 Å². The van der Waals surface area contributed by atoms with Gasteiger partial charge in [0.15, 0.2) is 0 Å². The topological polar surface area (TPSA) is 50.9 Å². The lowest BCUT2D eigenvalue weighted by molar-refractivity contribution is 0.330. The number of nitrogens with zero attached hydrogens (tertiary/aromatic N) is 1. The van der Waals surface area contributed by atoms with E-state index in [1.807, 2.05) is 6.92 Å². The van der Waals surface area contributed by atoms with Crippen LogP contribution in [0.2, 0.25) is 0 Å². The second-order valence-corrected chi connectivity index (χ2v) is 6.49. The number of aromatic nitrogens is 1. The molecule has 0 bridgehead atoms. The van der Waals surface area contributed by atoms with Gasteiger partial charge in [0, 0.05) is 23.5 Å². The number of thiazole rings is 1. The van der Waals surface area contributed by atoms with Crippen molar-refractivity contribution >= 4 is 11.3 Å². The first-order valence-corrected chi connectivity index (χ1v) is 6.66. The summed E-state index contributed by atoms with van der Waals surface area (Å²) in [5.41, 5.74) is 4.37. The molecule has 1 heterocycles. The molecule has 4 heteroatoms. The molecule has 0 aromatic carbocycles. The van der Waals surface area contributed by atoms with Crippen LogP contribution in [-0.2, 0) is 6.42 Å². The highest BCUT2D eigenvalue weighted by Crippen LogP contribution is 2.22. The number of hydrogen-bond acceptors (Lipinski definition) is 4.